The zero-order valence-corrected chi connectivity index (χ0v) is 10.6. The lowest BCUT2D eigenvalue weighted by molar-refractivity contribution is -0.134. The lowest BCUT2D eigenvalue weighted by atomic mass is 10.3. The molecular formula is C11H22N4O2. The van der Waals surface area contributed by atoms with Crippen molar-refractivity contribution in [2.45, 2.75) is 19.9 Å². The Bertz CT molecular complexity index is 275. The Morgan fingerprint density at radius 1 is 1.29 bits per heavy atom. The van der Waals surface area contributed by atoms with Crippen LogP contribution in [0, 0.1) is 0 Å². The molecule has 1 heterocycles. The molecule has 3 N–H and O–H groups in total. The molecule has 0 radical (unpaired) electrons. The summed E-state index contributed by atoms with van der Waals surface area (Å²) in [5.74, 6) is -0.326. The SMILES string of the molecule is CC(C)N(CC(N)=O)CC(=O)N1CCNCC1. The van der Waals surface area contributed by atoms with Crippen LogP contribution in [0.4, 0.5) is 0 Å². The Morgan fingerprint density at radius 2 is 1.88 bits per heavy atom. The molecule has 0 saturated carbocycles. The maximum atomic E-state index is 12.0. The maximum Gasteiger partial charge on any atom is 0.236 e. The van der Waals surface area contributed by atoms with Crippen molar-refractivity contribution in [3.8, 4) is 0 Å². The average Bonchev–Trinajstić information content (AvgIpc) is 2.28. The Labute approximate surface area is 102 Å². The van der Waals surface area contributed by atoms with Gasteiger partial charge in [-0.05, 0) is 13.8 Å². The minimum absolute atomic E-state index is 0.0708. The highest BCUT2D eigenvalue weighted by atomic mass is 16.2. The van der Waals surface area contributed by atoms with E-state index in [1.807, 2.05) is 18.7 Å². The number of nitrogens with zero attached hydrogens (tertiary/aromatic N) is 2. The normalized spacial score (nSPS) is 16.6. The summed E-state index contributed by atoms with van der Waals surface area (Å²) in [6.07, 6.45) is 0. The number of hydrogen-bond donors (Lipinski definition) is 2. The van der Waals surface area contributed by atoms with Gasteiger partial charge < -0.3 is 16.0 Å². The molecular weight excluding hydrogens is 220 g/mol. The van der Waals surface area contributed by atoms with Crippen LogP contribution in [0.3, 0.4) is 0 Å². The minimum Gasteiger partial charge on any atom is -0.369 e. The lowest BCUT2D eigenvalue weighted by Gasteiger charge is -2.31. The van der Waals surface area contributed by atoms with Crippen LogP contribution in [-0.2, 0) is 9.59 Å². The summed E-state index contributed by atoms with van der Waals surface area (Å²) in [5, 5.41) is 3.20. The molecule has 0 atom stereocenters. The highest BCUT2D eigenvalue weighted by Crippen LogP contribution is 2.01. The molecule has 1 saturated heterocycles. The van der Waals surface area contributed by atoms with Gasteiger partial charge in [-0.1, -0.05) is 0 Å². The molecule has 0 aliphatic carbocycles. The first-order valence-corrected chi connectivity index (χ1v) is 6.01. The molecule has 6 heteroatoms. The standard InChI is InChI=1S/C11H22N4O2/c1-9(2)15(7-10(12)16)8-11(17)14-5-3-13-4-6-14/h9,13H,3-8H2,1-2H3,(H2,12,16). The fourth-order valence-corrected chi connectivity index (χ4v) is 1.81. The molecule has 0 aromatic heterocycles. The molecule has 0 unspecified atom stereocenters. The van der Waals surface area contributed by atoms with Gasteiger partial charge in [0.1, 0.15) is 0 Å². The predicted molar refractivity (Wildman–Crippen MR) is 65.4 cm³/mol. The lowest BCUT2D eigenvalue weighted by Crippen LogP contribution is -2.51. The third-order valence-electron chi connectivity index (χ3n) is 2.90. The number of primary amides is 1. The number of carbonyl (C=O) groups is 2. The monoisotopic (exact) mass is 242 g/mol. The summed E-state index contributed by atoms with van der Waals surface area (Å²) in [6, 6.07) is 0.134. The maximum absolute atomic E-state index is 12.0. The predicted octanol–water partition coefficient (Wildman–Crippen LogP) is -1.39. The van der Waals surface area contributed by atoms with Gasteiger partial charge >= 0.3 is 0 Å². The van der Waals surface area contributed by atoms with Crippen molar-refractivity contribution in [3.63, 3.8) is 0 Å². The molecule has 0 bridgehead atoms. The van der Waals surface area contributed by atoms with E-state index in [9.17, 15) is 9.59 Å². The summed E-state index contributed by atoms with van der Waals surface area (Å²) >= 11 is 0. The van der Waals surface area contributed by atoms with E-state index in [1.165, 1.54) is 0 Å². The molecule has 17 heavy (non-hydrogen) atoms. The molecule has 2 amide bonds. The third kappa shape index (κ3) is 4.70. The van der Waals surface area contributed by atoms with Crippen LogP contribution in [0.25, 0.3) is 0 Å². The zero-order valence-electron chi connectivity index (χ0n) is 10.6. The molecule has 1 aliphatic heterocycles. The van der Waals surface area contributed by atoms with Crippen LogP contribution >= 0.6 is 0 Å². The highest BCUT2D eigenvalue weighted by Gasteiger charge is 2.21. The quantitative estimate of drug-likeness (QED) is 0.622. The summed E-state index contributed by atoms with van der Waals surface area (Å²) < 4.78 is 0. The molecule has 0 aromatic rings. The first-order chi connectivity index (χ1) is 8.00. The number of rotatable bonds is 5. The average molecular weight is 242 g/mol. The van der Waals surface area contributed by atoms with Gasteiger partial charge in [0.25, 0.3) is 0 Å². The minimum atomic E-state index is -0.396. The number of nitrogens with two attached hydrogens (primary N) is 1. The Hall–Kier alpha value is -1.14. The molecule has 6 nitrogen and oxygen atoms in total. The first kappa shape index (κ1) is 13.9. The summed E-state index contributed by atoms with van der Waals surface area (Å²) in [6.45, 7) is 7.45. The van der Waals surface area contributed by atoms with Crippen molar-refractivity contribution in [2.24, 2.45) is 5.73 Å². The van der Waals surface area contributed by atoms with Gasteiger partial charge in [0.15, 0.2) is 0 Å². The molecule has 0 spiro atoms. The Morgan fingerprint density at radius 3 is 2.35 bits per heavy atom. The van der Waals surface area contributed by atoms with Crippen LogP contribution in [0.1, 0.15) is 13.8 Å². The van der Waals surface area contributed by atoms with E-state index in [0.29, 0.717) is 0 Å². The Balaban J connectivity index is 2.47. The second-order valence-electron chi connectivity index (χ2n) is 4.60. The van der Waals surface area contributed by atoms with E-state index in [-0.39, 0.29) is 25.0 Å². The van der Waals surface area contributed by atoms with Crippen LogP contribution in [0.15, 0.2) is 0 Å². The number of amides is 2. The van der Waals surface area contributed by atoms with Gasteiger partial charge in [0.2, 0.25) is 11.8 Å². The van der Waals surface area contributed by atoms with Crippen LogP contribution in [0.2, 0.25) is 0 Å². The van der Waals surface area contributed by atoms with Crippen molar-refractivity contribution >= 4 is 11.8 Å². The van der Waals surface area contributed by atoms with Crippen LogP contribution in [0.5, 0.6) is 0 Å². The van der Waals surface area contributed by atoms with E-state index in [4.69, 9.17) is 5.73 Å². The number of carbonyl (C=O) groups excluding carboxylic acids is 2. The number of nitrogens with one attached hydrogen (secondary N) is 1. The Kier molecular flexibility index (Phi) is 5.37. The van der Waals surface area contributed by atoms with Crippen molar-refractivity contribution in [3.05, 3.63) is 0 Å². The van der Waals surface area contributed by atoms with Crippen LogP contribution in [-0.4, -0.2) is 66.9 Å². The zero-order chi connectivity index (χ0) is 12.8. The van der Waals surface area contributed by atoms with Crippen molar-refractivity contribution in [2.75, 3.05) is 39.3 Å². The van der Waals surface area contributed by atoms with Gasteiger partial charge in [0.05, 0.1) is 13.1 Å². The largest absolute Gasteiger partial charge is 0.369 e. The van der Waals surface area contributed by atoms with Crippen LogP contribution < -0.4 is 11.1 Å². The van der Waals surface area contributed by atoms with Gasteiger partial charge in [0, 0.05) is 32.2 Å². The highest BCUT2D eigenvalue weighted by molar-refractivity contribution is 5.80. The fourth-order valence-electron chi connectivity index (χ4n) is 1.81. The second-order valence-corrected chi connectivity index (χ2v) is 4.60. The van der Waals surface area contributed by atoms with E-state index < -0.39 is 5.91 Å². The van der Waals surface area contributed by atoms with Crippen molar-refractivity contribution < 1.29 is 9.59 Å². The first-order valence-electron chi connectivity index (χ1n) is 6.01. The fraction of sp³-hybridized carbons (Fsp3) is 0.818. The summed E-state index contributed by atoms with van der Waals surface area (Å²) in [7, 11) is 0. The number of piperazine rings is 1. The topological polar surface area (TPSA) is 78.7 Å². The van der Waals surface area contributed by atoms with Crippen molar-refractivity contribution in [1.82, 2.24) is 15.1 Å². The molecule has 0 aromatic carbocycles. The van der Waals surface area contributed by atoms with E-state index in [1.54, 1.807) is 4.90 Å². The van der Waals surface area contributed by atoms with Gasteiger partial charge in [-0.3, -0.25) is 14.5 Å². The van der Waals surface area contributed by atoms with E-state index >= 15 is 0 Å². The van der Waals surface area contributed by atoms with Gasteiger partial charge in [-0.2, -0.15) is 0 Å². The summed E-state index contributed by atoms with van der Waals surface area (Å²) in [5.41, 5.74) is 5.17. The van der Waals surface area contributed by atoms with Gasteiger partial charge in [-0.15, -0.1) is 0 Å². The smallest absolute Gasteiger partial charge is 0.236 e. The molecule has 1 rings (SSSR count). The van der Waals surface area contributed by atoms with E-state index in [2.05, 4.69) is 5.32 Å². The van der Waals surface area contributed by atoms with Crippen molar-refractivity contribution in [1.29, 1.82) is 0 Å². The molecule has 1 aliphatic rings. The molecule has 1 fully saturated rings. The number of hydrogen-bond acceptors (Lipinski definition) is 4. The second kappa shape index (κ2) is 6.56. The third-order valence-corrected chi connectivity index (χ3v) is 2.90. The summed E-state index contributed by atoms with van der Waals surface area (Å²) in [4.78, 5) is 26.5. The van der Waals surface area contributed by atoms with Gasteiger partial charge in [-0.25, -0.2) is 0 Å². The van der Waals surface area contributed by atoms with E-state index in [0.717, 1.165) is 26.2 Å². The molecule has 98 valence electrons.